The smallest absolute Gasteiger partial charge is 0.271 e. The van der Waals surface area contributed by atoms with Crippen LogP contribution < -0.4 is 9.86 Å². The molecule has 0 amide bonds. The first-order chi connectivity index (χ1) is 15.1. The number of hydrogen-bond donors (Lipinski definition) is 2. The van der Waals surface area contributed by atoms with Crippen molar-refractivity contribution < 1.29 is 21.6 Å². The summed E-state index contributed by atoms with van der Waals surface area (Å²) in [4.78, 5) is 0. The van der Waals surface area contributed by atoms with Gasteiger partial charge in [-0.05, 0) is 41.5 Å². The minimum absolute atomic E-state index is 0.174. The molecule has 10 heteroatoms. The SMILES string of the molecule is NS(=O)(=O)Nc1ccc(-n2nc(C(F)(F)F)cc2-c2ccc(-c3ccccc3)cc2)cc1. The minimum Gasteiger partial charge on any atom is -0.271 e. The van der Waals surface area contributed by atoms with Crippen molar-refractivity contribution in [3.05, 3.63) is 90.6 Å². The van der Waals surface area contributed by atoms with Crippen LogP contribution in [0.1, 0.15) is 5.69 Å². The van der Waals surface area contributed by atoms with Gasteiger partial charge in [-0.25, -0.2) is 9.82 Å². The summed E-state index contributed by atoms with van der Waals surface area (Å²) in [5, 5.41) is 8.68. The lowest BCUT2D eigenvalue weighted by Crippen LogP contribution is -2.21. The fraction of sp³-hybridized carbons (Fsp3) is 0.0455. The Labute approximate surface area is 182 Å². The predicted molar refractivity (Wildman–Crippen MR) is 116 cm³/mol. The summed E-state index contributed by atoms with van der Waals surface area (Å²) in [6.45, 7) is 0. The lowest BCUT2D eigenvalue weighted by molar-refractivity contribution is -0.141. The van der Waals surface area contributed by atoms with Crippen molar-refractivity contribution in [3.8, 4) is 28.1 Å². The highest BCUT2D eigenvalue weighted by Crippen LogP contribution is 2.34. The number of nitrogens with one attached hydrogen (secondary N) is 1. The van der Waals surface area contributed by atoms with Gasteiger partial charge in [0.2, 0.25) is 0 Å². The average molecular weight is 458 g/mol. The van der Waals surface area contributed by atoms with E-state index in [1.807, 2.05) is 42.5 Å². The van der Waals surface area contributed by atoms with E-state index in [1.54, 1.807) is 12.1 Å². The molecule has 0 aliphatic rings. The van der Waals surface area contributed by atoms with E-state index in [9.17, 15) is 21.6 Å². The molecule has 1 heterocycles. The molecule has 164 valence electrons. The van der Waals surface area contributed by atoms with Crippen molar-refractivity contribution in [2.45, 2.75) is 6.18 Å². The van der Waals surface area contributed by atoms with Gasteiger partial charge in [-0.3, -0.25) is 4.72 Å². The van der Waals surface area contributed by atoms with Crippen molar-refractivity contribution in [2.24, 2.45) is 5.14 Å². The first-order valence-electron chi connectivity index (χ1n) is 9.34. The molecule has 0 radical (unpaired) electrons. The molecular weight excluding hydrogens is 441 g/mol. The van der Waals surface area contributed by atoms with Crippen molar-refractivity contribution in [1.82, 2.24) is 9.78 Å². The van der Waals surface area contributed by atoms with E-state index in [0.717, 1.165) is 17.2 Å². The van der Waals surface area contributed by atoms with E-state index < -0.39 is 22.1 Å². The fourth-order valence-electron chi connectivity index (χ4n) is 3.22. The van der Waals surface area contributed by atoms with Gasteiger partial charge in [0, 0.05) is 11.3 Å². The average Bonchev–Trinajstić information content (AvgIpc) is 3.20. The molecule has 6 nitrogen and oxygen atoms in total. The van der Waals surface area contributed by atoms with Gasteiger partial charge in [0.1, 0.15) is 0 Å². The predicted octanol–water partition coefficient (Wildman–Crippen LogP) is 4.84. The number of nitrogens with zero attached hydrogens (tertiary/aromatic N) is 2. The van der Waals surface area contributed by atoms with E-state index in [1.165, 1.54) is 28.9 Å². The Morgan fingerprint density at radius 1 is 0.812 bits per heavy atom. The normalized spacial score (nSPS) is 12.0. The van der Waals surface area contributed by atoms with Gasteiger partial charge < -0.3 is 0 Å². The summed E-state index contributed by atoms with van der Waals surface area (Å²) in [5.41, 5.74) is 2.15. The van der Waals surface area contributed by atoms with E-state index in [4.69, 9.17) is 5.14 Å². The Morgan fingerprint density at radius 2 is 1.38 bits per heavy atom. The molecule has 0 atom stereocenters. The van der Waals surface area contributed by atoms with Gasteiger partial charge in [0.05, 0.1) is 11.4 Å². The summed E-state index contributed by atoms with van der Waals surface area (Å²) in [6.07, 6.45) is -4.63. The largest absolute Gasteiger partial charge is 0.435 e. The number of nitrogens with two attached hydrogens (primary N) is 1. The van der Waals surface area contributed by atoms with E-state index in [0.29, 0.717) is 11.3 Å². The number of hydrogen-bond acceptors (Lipinski definition) is 3. The number of alkyl halides is 3. The van der Waals surface area contributed by atoms with Gasteiger partial charge >= 0.3 is 6.18 Å². The van der Waals surface area contributed by atoms with Crippen molar-refractivity contribution in [1.29, 1.82) is 0 Å². The molecule has 4 rings (SSSR count). The van der Waals surface area contributed by atoms with Crippen molar-refractivity contribution in [3.63, 3.8) is 0 Å². The van der Waals surface area contributed by atoms with Crippen LogP contribution in [-0.4, -0.2) is 18.2 Å². The third-order valence-corrected chi connectivity index (χ3v) is 5.18. The molecule has 0 saturated carbocycles. The molecule has 0 unspecified atom stereocenters. The van der Waals surface area contributed by atoms with Crippen LogP contribution in [0.2, 0.25) is 0 Å². The van der Waals surface area contributed by atoms with Crippen LogP contribution >= 0.6 is 0 Å². The molecule has 32 heavy (non-hydrogen) atoms. The summed E-state index contributed by atoms with van der Waals surface area (Å²) >= 11 is 0. The Bertz CT molecular complexity index is 1330. The first kappa shape index (κ1) is 21.6. The van der Waals surface area contributed by atoms with Crippen LogP contribution in [-0.2, 0) is 16.4 Å². The molecule has 1 aromatic heterocycles. The maximum atomic E-state index is 13.4. The zero-order chi connectivity index (χ0) is 22.9. The Morgan fingerprint density at radius 3 is 1.94 bits per heavy atom. The topological polar surface area (TPSA) is 90.0 Å². The molecule has 3 aromatic carbocycles. The molecule has 0 saturated heterocycles. The standard InChI is InChI=1S/C22H17F3N4O2S/c23-22(24,25)21-14-20(17-8-6-16(7-9-17)15-4-2-1-3-5-15)29(27-21)19-12-10-18(11-13-19)28-32(26,30)31/h1-14,28H,(H2,26,30,31). The highest BCUT2D eigenvalue weighted by Gasteiger charge is 2.35. The summed E-state index contributed by atoms with van der Waals surface area (Å²) in [6, 6.07) is 23.4. The molecule has 0 fully saturated rings. The lowest BCUT2D eigenvalue weighted by atomic mass is 10.0. The molecular formula is C22H17F3N4O2S. The maximum Gasteiger partial charge on any atom is 0.435 e. The molecule has 0 aliphatic carbocycles. The number of anilines is 1. The second-order valence-electron chi connectivity index (χ2n) is 6.96. The molecule has 3 N–H and O–H groups in total. The zero-order valence-corrected chi connectivity index (χ0v) is 17.2. The lowest BCUT2D eigenvalue weighted by Gasteiger charge is -2.10. The third kappa shape index (κ3) is 4.82. The van der Waals surface area contributed by atoms with E-state index in [2.05, 4.69) is 9.82 Å². The van der Waals surface area contributed by atoms with Crippen LogP contribution in [0.15, 0.2) is 84.9 Å². The minimum atomic E-state index is -4.63. The molecule has 0 spiro atoms. The van der Waals surface area contributed by atoms with Gasteiger partial charge in [0.25, 0.3) is 10.2 Å². The van der Waals surface area contributed by atoms with Gasteiger partial charge in [-0.15, -0.1) is 0 Å². The number of rotatable bonds is 5. The van der Waals surface area contributed by atoms with Gasteiger partial charge in [-0.1, -0.05) is 54.6 Å². The van der Waals surface area contributed by atoms with Crippen LogP contribution in [0.25, 0.3) is 28.1 Å². The van der Waals surface area contributed by atoms with Crippen LogP contribution in [0.4, 0.5) is 18.9 Å². The first-order valence-corrected chi connectivity index (χ1v) is 10.9. The van der Waals surface area contributed by atoms with Crippen molar-refractivity contribution in [2.75, 3.05) is 4.72 Å². The highest BCUT2D eigenvalue weighted by atomic mass is 32.2. The van der Waals surface area contributed by atoms with Crippen LogP contribution in [0.3, 0.4) is 0 Å². The number of halogens is 3. The second kappa shape index (κ2) is 8.13. The van der Waals surface area contributed by atoms with Crippen LogP contribution in [0, 0.1) is 0 Å². The van der Waals surface area contributed by atoms with Gasteiger partial charge in [-0.2, -0.15) is 26.7 Å². The highest BCUT2D eigenvalue weighted by molar-refractivity contribution is 7.90. The summed E-state index contributed by atoms with van der Waals surface area (Å²) < 4.78 is 65.7. The quantitative estimate of drug-likeness (QED) is 0.448. The number of aromatic nitrogens is 2. The maximum absolute atomic E-state index is 13.4. The number of benzene rings is 3. The van der Waals surface area contributed by atoms with Gasteiger partial charge in [0.15, 0.2) is 5.69 Å². The van der Waals surface area contributed by atoms with Crippen molar-refractivity contribution >= 4 is 15.9 Å². The zero-order valence-electron chi connectivity index (χ0n) is 16.4. The van der Waals surface area contributed by atoms with E-state index in [-0.39, 0.29) is 11.4 Å². The summed E-state index contributed by atoms with van der Waals surface area (Å²) in [5.74, 6) is 0. The summed E-state index contributed by atoms with van der Waals surface area (Å²) in [7, 11) is -3.97. The monoisotopic (exact) mass is 458 g/mol. The Kier molecular flexibility index (Phi) is 5.49. The fourth-order valence-corrected chi connectivity index (χ4v) is 3.69. The third-order valence-electron chi connectivity index (χ3n) is 4.66. The molecule has 4 aromatic rings. The molecule has 0 bridgehead atoms. The van der Waals surface area contributed by atoms with Crippen LogP contribution in [0.5, 0.6) is 0 Å². The van der Waals surface area contributed by atoms with E-state index >= 15 is 0 Å². The molecule has 0 aliphatic heterocycles. The Hall–Kier alpha value is -3.63. The second-order valence-corrected chi connectivity index (χ2v) is 8.26. The Balaban J connectivity index is 1.75.